The molecule has 0 atom stereocenters. The highest BCUT2D eigenvalue weighted by Crippen LogP contribution is 2.26. The van der Waals surface area contributed by atoms with E-state index in [-0.39, 0.29) is 0 Å². The second-order valence-electron chi connectivity index (χ2n) is 4.73. The zero-order valence-electron chi connectivity index (χ0n) is 12.0. The van der Waals surface area contributed by atoms with Gasteiger partial charge in [0, 0.05) is 21.1 Å². The minimum atomic E-state index is 0.717. The third-order valence-corrected chi connectivity index (χ3v) is 4.68. The van der Waals surface area contributed by atoms with Crippen LogP contribution in [0.1, 0.15) is 5.69 Å². The van der Waals surface area contributed by atoms with Gasteiger partial charge in [-0.1, -0.05) is 15.9 Å². The minimum Gasteiger partial charge on any atom is -0.497 e. The summed E-state index contributed by atoms with van der Waals surface area (Å²) in [4.78, 5) is 4.67. The third-order valence-electron chi connectivity index (χ3n) is 3.21. The number of ether oxygens (including phenoxy) is 1. The number of hydrogen-bond acceptors (Lipinski definition) is 4. The maximum Gasteiger partial charge on any atom is 0.123 e. The van der Waals surface area contributed by atoms with Crippen LogP contribution in [0.15, 0.2) is 58.4 Å². The molecule has 0 unspecified atom stereocenters. The second kappa shape index (κ2) is 6.94. The highest BCUT2D eigenvalue weighted by molar-refractivity contribution is 9.10. The first-order chi connectivity index (χ1) is 10.7. The van der Waals surface area contributed by atoms with E-state index in [0.717, 1.165) is 32.2 Å². The number of nitrogens with one attached hydrogen (secondary N) is 1. The van der Waals surface area contributed by atoms with E-state index in [1.807, 2.05) is 48.5 Å². The molecule has 3 nitrogen and oxygen atoms in total. The lowest BCUT2D eigenvalue weighted by Crippen LogP contribution is -1.99. The van der Waals surface area contributed by atoms with E-state index in [2.05, 4.69) is 31.6 Å². The number of aromatic nitrogens is 1. The Hall–Kier alpha value is -1.85. The van der Waals surface area contributed by atoms with E-state index in [1.165, 1.54) is 0 Å². The fourth-order valence-electron chi connectivity index (χ4n) is 2.01. The van der Waals surface area contributed by atoms with Gasteiger partial charge in [-0.2, -0.15) is 0 Å². The lowest BCUT2D eigenvalue weighted by Gasteiger charge is -2.04. The summed E-state index contributed by atoms with van der Waals surface area (Å²) in [6.45, 7) is 0.717. The number of halogens is 1. The molecule has 0 radical (unpaired) electrons. The van der Waals surface area contributed by atoms with E-state index in [9.17, 15) is 0 Å². The predicted octanol–water partition coefficient (Wildman–Crippen LogP) is 5.19. The quantitative estimate of drug-likeness (QED) is 0.666. The molecule has 0 aliphatic rings. The van der Waals surface area contributed by atoms with Crippen LogP contribution in [0.25, 0.3) is 10.6 Å². The number of hydrogen-bond donors (Lipinski definition) is 1. The van der Waals surface area contributed by atoms with Crippen LogP contribution in [0, 0.1) is 0 Å². The summed E-state index contributed by atoms with van der Waals surface area (Å²) >= 11 is 5.09. The predicted molar refractivity (Wildman–Crippen MR) is 95.6 cm³/mol. The molecular weight excluding hydrogens is 360 g/mol. The number of nitrogens with zero attached hydrogens (tertiary/aromatic N) is 1. The Kier molecular flexibility index (Phi) is 4.75. The van der Waals surface area contributed by atoms with E-state index < -0.39 is 0 Å². The number of benzene rings is 2. The molecule has 0 fully saturated rings. The van der Waals surface area contributed by atoms with E-state index in [0.29, 0.717) is 6.54 Å². The van der Waals surface area contributed by atoms with Crippen molar-refractivity contribution >= 4 is 33.0 Å². The van der Waals surface area contributed by atoms with Gasteiger partial charge >= 0.3 is 0 Å². The van der Waals surface area contributed by atoms with Crippen LogP contribution >= 0.6 is 27.3 Å². The molecule has 0 saturated heterocycles. The maximum absolute atomic E-state index is 5.18. The molecule has 1 aromatic heterocycles. The van der Waals surface area contributed by atoms with Gasteiger partial charge in [0.2, 0.25) is 0 Å². The summed E-state index contributed by atoms with van der Waals surface area (Å²) in [5.74, 6) is 0.859. The molecule has 5 heteroatoms. The molecule has 1 heterocycles. The fourth-order valence-corrected chi connectivity index (χ4v) is 3.10. The molecule has 22 heavy (non-hydrogen) atoms. The average molecular weight is 375 g/mol. The van der Waals surface area contributed by atoms with Crippen molar-refractivity contribution in [2.24, 2.45) is 0 Å². The summed E-state index contributed by atoms with van der Waals surface area (Å²) in [7, 11) is 1.67. The van der Waals surface area contributed by atoms with E-state index in [4.69, 9.17) is 4.74 Å². The zero-order valence-corrected chi connectivity index (χ0v) is 14.4. The van der Waals surface area contributed by atoms with Crippen LogP contribution in [-0.2, 0) is 6.54 Å². The van der Waals surface area contributed by atoms with Gasteiger partial charge in [-0.25, -0.2) is 4.98 Å². The fraction of sp³-hybridized carbons (Fsp3) is 0.118. The van der Waals surface area contributed by atoms with Crippen LogP contribution in [0.4, 0.5) is 5.69 Å². The SMILES string of the molecule is COc1ccc(-c2nc(CNc3ccc(Br)cc3)cs2)cc1. The largest absolute Gasteiger partial charge is 0.497 e. The Morgan fingerprint density at radius 2 is 1.82 bits per heavy atom. The molecule has 1 N–H and O–H groups in total. The van der Waals surface area contributed by atoms with Crippen LogP contribution in [0.5, 0.6) is 5.75 Å². The van der Waals surface area contributed by atoms with Crippen LogP contribution < -0.4 is 10.1 Å². The first kappa shape index (κ1) is 15.1. The second-order valence-corrected chi connectivity index (χ2v) is 6.51. The number of methoxy groups -OCH3 is 1. The van der Waals surface area contributed by atoms with Crippen LogP contribution in [0.3, 0.4) is 0 Å². The van der Waals surface area contributed by atoms with Crippen molar-refractivity contribution < 1.29 is 4.74 Å². The highest BCUT2D eigenvalue weighted by Gasteiger charge is 2.05. The topological polar surface area (TPSA) is 34.1 Å². The third kappa shape index (κ3) is 3.67. The van der Waals surface area contributed by atoms with E-state index in [1.54, 1.807) is 18.4 Å². The van der Waals surface area contributed by atoms with Crippen LogP contribution in [-0.4, -0.2) is 12.1 Å². The first-order valence-corrected chi connectivity index (χ1v) is 8.50. The van der Waals surface area contributed by atoms with Gasteiger partial charge < -0.3 is 10.1 Å². The van der Waals surface area contributed by atoms with Crippen LogP contribution in [0.2, 0.25) is 0 Å². The van der Waals surface area contributed by atoms with Gasteiger partial charge in [0.15, 0.2) is 0 Å². The Balaban J connectivity index is 1.66. The number of thiazole rings is 1. The molecule has 0 saturated carbocycles. The van der Waals surface area contributed by atoms with Crippen molar-refractivity contribution in [3.8, 4) is 16.3 Å². The van der Waals surface area contributed by atoms with Crippen molar-refractivity contribution in [1.82, 2.24) is 4.98 Å². The van der Waals surface area contributed by atoms with Crippen molar-refractivity contribution in [1.29, 1.82) is 0 Å². The van der Waals surface area contributed by atoms with Gasteiger partial charge in [-0.3, -0.25) is 0 Å². The smallest absolute Gasteiger partial charge is 0.123 e. The van der Waals surface area contributed by atoms with Gasteiger partial charge in [0.05, 0.1) is 19.3 Å². The van der Waals surface area contributed by atoms with Gasteiger partial charge in [0.25, 0.3) is 0 Å². The molecule has 0 amide bonds. The van der Waals surface area contributed by atoms with E-state index >= 15 is 0 Å². The summed E-state index contributed by atoms with van der Waals surface area (Å²) in [5.41, 5.74) is 3.24. The lowest BCUT2D eigenvalue weighted by atomic mass is 10.2. The molecule has 0 aliphatic carbocycles. The normalized spacial score (nSPS) is 10.5. The molecule has 3 aromatic rings. The number of rotatable bonds is 5. The molecule has 0 spiro atoms. The van der Waals surface area contributed by atoms with Gasteiger partial charge in [0.1, 0.15) is 10.8 Å². The minimum absolute atomic E-state index is 0.717. The van der Waals surface area contributed by atoms with Crippen molar-refractivity contribution in [2.75, 3.05) is 12.4 Å². The van der Waals surface area contributed by atoms with Gasteiger partial charge in [-0.05, 0) is 48.5 Å². The molecule has 2 aromatic carbocycles. The monoisotopic (exact) mass is 374 g/mol. The molecule has 112 valence electrons. The molecule has 0 aliphatic heterocycles. The molecule has 3 rings (SSSR count). The average Bonchev–Trinajstić information content (AvgIpc) is 3.03. The zero-order chi connectivity index (χ0) is 15.4. The molecular formula is C17H15BrN2OS. The summed E-state index contributed by atoms with van der Waals surface area (Å²) < 4.78 is 6.25. The maximum atomic E-state index is 5.18. The standard InChI is InChI=1S/C17H15BrN2OS/c1-21-16-8-2-12(3-9-16)17-20-15(11-22-17)10-19-14-6-4-13(18)5-7-14/h2-9,11,19H,10H2,1H3. The Morgan fingerprint density at radius 1 is 1.09 bits per heavy atom. The van der Waals surface area contributed by atoms with Crippen molar-refractivity contribution in [3.05, 3.63) is 64.1 Å². The Labute approximate surface area is 142 Å². The molecule has 0 bridgehead atoms. The van der Waals surface area contributed by atoms with Gasteiger partial charge in [-0.15, -0.1) is 11.3 Å². The lowest BCUT2D eigenvalue weighted by molar-refractivity contribution is 0.415. The first-order valence-electron chi connectivity index (χ1n) is 6.83. The van der Waals surface area contributed by atoms with Crippen molar-refractivity contribution in [3.63, 3.8) is 0 Å². The Morgan fingerprint density at radius 3 is 2.50 bits per heavy atom. The van der Waals surface area contributed by atoms with Crippen molar-refractivity contribution in [2.45, 2.75) is 6.54 Å². The summed E-state index contributed by atoms with van der Waals surface area (Å²) in [6, 6.07) is 16.1. The Bertz CT molecular complexity index is 738. The highest BCUT2D eigenvalue weighted by atomic mass is 79.9. The number of anilines is 1. The summed E-state index contributed by atoms with van der Waals surface area (Å²) in [6.07, 6.45) is 0. The summed E-state index contributed by atoms with van der Waals surface area (Å²) in [5, 5.41) is 6.49.